The van der Waals surface area contributed by atoms with Crippen molar-refractivity contribution in [2.45, 2.75) is 13.5 Å². The van der Waals surface area contributed by atoms with Gasteiger partial charge in [0, 0.05) is 12.4 Å². The van der Waals surface area contributed by atoms with Gasteiger partial charge in [-0.2, -0.15) is 5.26 Å². The zero-order valence-corrected chi connectivity index (χ0v) is 9.38. The lowest BCUT2D eigenvalue weighted by Crippen LogP contribution is -2.05. The first kappa shape index (κ1) is 11.0. The van der Waals surface area contributed by atoms with Gasteiger partial charge in [0.1, 0.15) is 17.7 Å². The second kappa shape index (κ2) is 5.03. The number of anilines is 1. The van der Waals surface area contributed by atoms with Crippen LogP contribution in [0.15, 0.2) is 30.6 Å². The molecular formula is C12H11N5. The van der Waals surface area contributed by atoms with Crippen LogP contribution >= 0.6 is 0 Å². The van der Waals surface area contributed by atoms with E-state index in [1.54, 1.807) is 24.5 Å². The molecule has 0 aliphatic heterocycles. The fourth-order valence-electron chi connectivity index (χ4n) is 1.41. The van der Waals surface area contributed by atoms with Gasteiger partial charge in [0.2, 0.25) is 0 Å². The van der Waals surface area contributed by atoms with Gasteiger partial charge in [-0.05, 0) is 25.1 Å². The van der Waals surface area contributed by atoms with Gasteiger partial charge in [-0.15, -0.1) is 0 Å². The molecule has 0 saturated carbocycles. The normalized spacial score (nSPS) is 9.65. The number of pyridine rings is 1. The minimum absolute atomic E-state index is 0.523. The van der Waals surface area contributed by atoms with E-state index >= 15 is 0 Å². The van der Waals surface area contributed by atoms with Crippen LogP contribution in [0.25, 0.3) is 0 Å². The first-order chi connectivity index (χ1) is 8.29. The van der Waals surface area contributed by atoms with Crippen molar-refractivity contribution < 1.29 is 0 Å². The molecule has 0 radical (unpaired) electrons. The van der Waals surface area contributed by atoms with Gasteiger partial charge >= 0.3 is 0 Å². The maximum absolute atomic E-state index is 8.90. The van der Waals surface area contributed by atoms with Crippen molar-refractivity contribution in [1.82, 2.24) is 15.0 Å². The van der Waals surface area contributed by atoms with Gasteiger partial charge in [-0.25, -0.2) is 15.0 Å². The van der Waals surface area contributed by atoms with E-state index in [1.807, 2.05) is 13.0 Å². The van der Waals surface area contributed by atoms with Gasteiger partial charge in [-0.1, -0.05) is 0 Å². The SMILES string of the molecule is Cc1nccc(CNc2ncccc2C#N)n1. The standard InChI is InChI=1S/C12H11N5/c1-9-14-6-4-11(17-9)8-16-12-10(7-13)3-2-5-15-12/h2-6H,8H2,1H3,(H,15,16). The van der Waals surface area contributed by atoms with Crippen LogP contribution in [0.4, 0.5) is 5.82 Å². The van der Waals surface area contributed by atoms with E-state index in [-0.39, 0.29) is 0 Å². The summed E-state index contributed by atoms with van der Waals surface area (Å²) in [6.07, 6.45) is 3.36. The number of hydrogen-bond donors (Lipinski definition) is 1. The third-order valence-electron chi connectivity index (χ3n) is 2.20. The average molecular weight is 225 g/mol. The van der Waals surface area contributed by atoms with Crippen LogP contribution in [0.3, 0.4) is 0 Å². The predicted octanol–water partition coefficient (Wildman–Crippen LogP) is 1.66. The molecule has 0 aromatic carbocycles. The van der Waals surface area contributed by atoms with E-state index in [0.29, 0.717) is 17.9 Å². The highest BCUT2D eigenvalue weighted by Gasteiger charge is 2.02. The minimum atomic E-state index is 0.523. The number of aryl methyl sites for hydroxylation is 1. The van der Waals surface area contributed by atoms with Gasteiger partial charge in [0.25, 0.3) is 0 Å². The van der Waals surface area contributed by atoms with E-state index in [2.05, 4.69) is 26.3 Å². The summed E-state index contributed by atoms with van der Waals surface area (Å²) >= 11 is 0. The first-order valence-corrected chi connectivity index (χ1v) is 5.17. The lowest BCUT2D eigenvalue weighted by Gasteiger charge is -2.06. The van der Waals surface area contributed by atoms with Crippen LogP contribution in [-0.4, -0.2) is 15.0 Å². The Bertz CT molecular complexity index is 559. The monoisotopic (exact) mass is 225 g/mol. The first-order valence-electron chi connectivity index (χ1n) is 5.17. The molecule has 0 aliphatic rings. The summed E-state index contributed by atoms with van der Waals surface area (Å²) in [5.41, 5.74) is 1.39. The Labute approximate surface area is 99.2 Å². The molecule has 2 rings (SSSR count). The molecule has 0 saturated heterocycles. The maximum atomic E-state index is 8.90. The smallest absolute Gasteiger partial charge is 0.144 e. The van der Waals surface area contributed by atoms with Crippen LogP contribution in [0.1, 0.15) is 17.1 Å². The quantitative estimate of drug-likeness (QED) is 0.859. The van der Waals surface area contributed by atoms with E-state index in [1.165, 1.54) is 0 Å². The Morgan fingerprint density at radius 1 is 1.29 bits per heavy atom. The molecule has 84 valence electrons. The molecule has 0 bridgehead atoms. The summed E-state index contributed by atoms with van der Waals surface area (Å²) in [6.45, 7) is 2.36. The van der Waals surface area contributed by atoms with Crippen molar-refractivity contribution >= 4 is 5.82 Å². The van der Waals surface area contributed by atoms with Gasteiger partial charge in [0.05, 0.1) is 17.8 Å². The molecule has 5 nitrogen and oxygen atoms in total. The fraction of sp³-hybridized carbons (Fsp3) is 0.167. The van der Waals surface area contributed by atoms with Gasteiger partial charge < -0.3 is 5.32 Å². The third kappa shape index (κ3) is 2.75. The average Bonchev–Trinajstić information content (AvgIpc) is 2.37. The molecule has 2 aromatic rings. The number of nitrogens with one attached hydrogen (secondary N) is 1. The van der Waals surface area contributed by atoms with E-state index in [9.17, 15) is 0 Å². The minimum Gasteiger partial charge on any atom is -0.363 e. The third-order valence-corrected chi connectivity index (χ3v) is 2.20. The maximum Gasteiger partial charge on any atom is 0.144 e. The molecule has 1 N–H and O–H groups in total. The second-order valence-corrected chi connectivity index (χ2v) is 3.46. The van der Waals surface area contributed by atoms with Crippen LogP contribution in [0.5, 0.6) is 0 Å². The summed E-state index contributed by atoms with van der Waals surface area (Å²) in [7, 11) is 0. The Morgan fingerprint density at radius 2 is 2.18 bits per heavy atom. The summed E-state index contributed by atoms with van der Waals surface area (Å²) in [4.78, 5) is 12.4. The van der Waals surface area contributed by atoms with Crippen LogP contribution < -0.4 is 5.32 Å². The van der Waals surface area contributed by atoms with Crippen LogP contribution in [-0.2, 0) is 6.54 Å². The highest BCUT2D eigenvalue weighted by molar-refractivity contribution is 5.51. The van der Waals surface area contributed by atoms with E-state index in [0.717, 1.165) is 11.5 Å². The molecule has 2 aromatic heterocycles. The molecule has 0 fully saturated rings. The van der Waals surface area contributed by atoms with Crippen molar-refractivity contribution in [1.29, 1.82) is 5.26 Å². The van der Waals surface area contributed by atoms with Gasteiger partial charge in [0.15, 0.2) is 0 Å². The lowest BCUT2D eigenvalue weighted by atomic mass is 10.3. The molecule has 0 aliphatic carbocycles. The van der Waals surface area contributed by atoms with Crippen molar-refractivity contribution in [3.63, 3.8) is 0 Å². The zero-order chi connectivity index (χ0) is 12.1. The van der Waals surface area contributed by atoms with Crippen molar-refractivity contribution in [3.05, 3.63) is 47.7 Å². The Kier molecular flexibility index (Phi) is 3.26. The summed E-state index contributed by atoms with van der Waals surface area (Å²) in [5, 5.41) is 12.0. The van der Waals surface area contributed by atoms with E-state index < -0.39 is 0 Å². The molecule has 0 amide bonds. The fourth-order valence-corrected chi connectivity index (χ4v) is 1.41. The summed E-state index contributed by atoms with van der Waals surface area (Å²) in [5.74, 6) is 1.30. The molecule has 17 heavy (non-hydrogen) atoms. The van der Waals surface area contributed by atoms with Crippen molar-refractivity contribution in [2.24, 2.45) is 0 Å². The Balaban J connectivity index is 2.10. The number of hydrogen-bond acceptors (Lipinski definition) is 5. The van der Waals surface area contributed by atoms with Crippen molar-refractivity contribution in [3.8, 4) is 6.07 Å². The predicted molar refractivity (Wildman–Crippen MR) is 63.0 cm³/mol. The van der Waals surface area contributed by atoms with Crippen LogP contribution in [0.2, 0.25) is 0 Å². The number of nitriles is 1. The zero-order valence-electron chi connectivity index (χ0n) is 9.38. The number of aromatic nitrogens is 3. The summed E-state index contributed by atoms with van der Waals surface area (Å²) in [6, 6.07) is 7.37. The second-order valence-electron chi connectivity index (χ2n) is 3.46. The van der Waals surface area contributed by atoms with E-state index in [4.69, 9.17) is 5.26 Å². The topological polar surface area (TPSA) is 74.5 Å². The molecule has 0 spiro atoms. The van der Waals surface area contributed by atoms with Gasteiger partial charge in [-0.3, -0.25) is 0 Å². The molecule has 0 unspecified atom stereocenters. The lowest BCUT2D eigenvalue weighted by molar-refractivity contribution is 0.949. The number of rotatable bonds is 3. The van der Waals surface area contributed by atoms with Crippen molar-refractivity contribution in [2.75, 3.05) is 5.32 Å². The highest BCUT2D eigenvalue weighted by Crippen LogP contribution is 2.10. The largest absolute Gasteiger partial charge is 0.363 e. The van der Waals surface area contributed by atoms with Crippen LogP contribution in [0, 0.1) is 18.3 Å². The number of nitrogens with zero attached hydrogens (tertiary/aromatic N) is 4. The molecule has 2 heterocycles. The molecular weight excluding hydrogens is 214 g/mol. The Morgan fingerprint density at radius 3 is 2.94 bits per heavy atom. The molecule has 5 heteroatoms. The Hall–Kier alpha value is -2.48. The summed E-state index contributed by atoms with van der Waals surface area (Å²) < 4.78 is 0. The molecule has 0 atom stereocenters. The highest BCUT2D eigenvalue weighted by atomic mass is 15.0.